The molecule has 2 aromatic heterocycles. The minimum Gasteiger partial charge on any atom is -0.376 e. The number of halogens is 1. The number of aromatic nitrogens is 3. The second kappa shape index (κ2) is 9.72. The third kappa shape index (κ3) is 5.08. The number of ether oxygens (including phenoxy) is 1. The number of hydrogen-bond donors (Lipinski definition) is 1. The Morgan fingerprint density at radius 1 is 1.37 bits per heavy atom. The molecule has 1 aliphatic heterocycles. The summed E-state index contributed by atoms with van der Waals surface area (Å²) in [5, 5.41) is 14.3. The number of carbonyl (C=O) groups is 1. The second-order valence-corrected chi connectivity index (χ2v) is 9.07. The van der Waals surface area contributed by atoms with Gasteiger partial charge in [0.05, 0.1) is 24.4 Å². The zero-order valence-corrected chi connectivity index (χ0v) is 18.2. The highest BCUT2D eigenvalue weighted by atomic mass is 32.2. The Morgan fingerprint density at radius 2 is 2.20 bits per heavy atom. The van der Waals surface area contributed by atoms with Crippen molar-refractivity contribution >= 4 is 29.0 Å². The van der Waals surface area contributed by atoms with Crippen molar-refractivity contribution in [2.24, 2.45) is 0 Å². The predicted octanol–water partition coefficient (Wildman–Crippen LogP) is 4.29. The van der Waals surface area contributed by atoms with Crippen LogP contribution in [-0.2, 0) is 16.1 Å². The Hall–Kier alpha value is -2.23. The Kier molecular flexibility index (Phi) is 6.81. The van der Waals surface area contributed by atoms with Crippen LogP contribution in [0.15, 0.2) is 46.9 Å². The van der Waals surface area contributed by atoms with Crippen molar-refractivity contribution < 1.29 is 13.9 Å². The van der Waals surface area contributed by atoms with E-state index >= 15 is 0 Å². The fourth-order valence-corrected chi connectivity index (χ4v) is 4.88. The summed E-state index contributed by atoms with van der Waals surface area (Å²) in [4.78, 5) is 13.6. The van der Waals surface area contributed by atoms with Gasteiger partial charge in [-0.3, -0.25) is 9.36 Å². The van der Waals surface area contributed by atoms with Gasteiger partial charge in [-0.15, -0.1) is 21.5 Å². The van der Waals surface area contributed by atoms with Gasteiger partial charge in [-0.2, -0.15) is 0 Å². The number of nitrogens with zero attached hydrogens (tertiary/aromatic N) is 3. The number of rotatable bonds is 8. The summed E-state index contributed by atoms with van der Waals surface area (Å²) in [5.41, 5.74) is 0.782. The highest BCUT2D eigenvalue weighted by Crippen LogP contribution is 2.27. The van der Waals surface area contributed by atoms with Gasteiger partial charge in [0.25, 0.3) is 0 Å². The minimum absolute atomic E-state index is 0.0300. The molecule has 3 heterocycles. The van der Waals surface area contributed by atoms with Crippen LogP contribution in [0.2, 0.25) is 0 Å². The molecule has 4 rings (SSSR count). The molecule has 30 heavy (non-hydrogen) atoms. The van der Waals surface area contributed by atoms with E-state index in [0.717, 1.165) is 29.9 Å². The first-order valence-corrected chi connectivity index (χ1v) is 11.7. The van der Waals surface area contributed by atoms with E-state index < -0.39 is 0 Å². The number of carbonyl (C=O) groups excluding carboxylic acids is 1. The zero-order chi connectivity index (χ0) is 20.9. The quantitative estimate of drug-likeness (QED) is 0.523. The normalized spacial score (nSPS) is 17.2. The summed E-state index contributed by atoms with van der Waals surface area (Å²) in [6, 6.07) is 10.2. The molecule has 1 fully saturated rings. The zero-order valence-electron chi connectivity index (χ0n) is 16.6. The SMILES string of the molecule is CC(NC(=O)CSc1nnc(-c2ccc(F)cc2)n1CC1CCCO1)c1cccs1. The van der Waals surface area contributed by atoms with Crippen LogP contribution in [0.3, 0.4) is 0 Å². The summed E-state index contributed by atoms with van der Waals surface area (Å²) < 4.78 is 21.1. The first-order chi connectivity index (χ1) is 14.6. The molecule has 0 radical (unpaired) electrons. The highest BCUT2D eigenvalue weighted by Gasteiger charge is 2.22. The van der Waals surface area contributed by atoms with E-state index in [1.807, 2.05) is 29.0 Å². The molecule has 1 saturated heterocycles. The van der Waals surface area contributed by atoms with Gasteiger partial charge >= 0.3 is 0 Å². The summed E-state index contributed by atoms with van der Waals surface area (Å²) in [6.45, 7) is 3.33. The van der Waals surface area contributed by atoms with Gasteiger partial charge < -0.3 is 10.1 Å². The third-order valence-corrected chi connectivity index (χ3v) is 6.93. The molecule has 3 aromatic rings. The second-order valence-electron chi connectivity index (χ2n) is 7.15. The topological polar surface area (TPSA) is 69.0 Å². The van der Waals surface area contributed by atoms with E-state index in [9.17, 15) is 9.18 Å². The van der Waals surface area contributed by atoms with Gasteiger partial charge in [0, 0.05) is 17.0 Å². The van der Waals surface area contributed by atoms with Crippen molar-refractivity contribution in [2.75, 3.05) is 12.4 Å². The van der Waals surface area contributed by atoms with Crippen molar-refractivity contribution in [1.29, 1.82) is 0 Å². The highest BCUT2D eigenvalue weighted by molar-refractivity contribution is 7.99. The Labute approximate surface area is 182 Å². The largest absolute Gasteiger partial charge is 0.376 e. The maximum Gasteiger partial charge on any atom is 0.230 e. The van der Waals surface area contributed by atoms with Crippen molar-refractivity contribution in [3.8, 4) is 11.4 Å². The lowest BCUT2D eigenvalue weighted by Crippen LogP contribution is -2.28. The number of amides is 1. The Balaban J connectivity index is 1.47. The van der Waals surface area contributed by atoms with Crippen molar-refractivity contribution in [3.63, 3.8) is 0 Å². The van der Waals surface area contributed by atoms with Gasteiger partial charge in [-0.05, 0) is 55.5 Å². The molecule has 6 nitrogen and oxygen atoms in total. The average molecular weight is 447 g/mol. The summed E-state index contributed by atoms with van der Waals surface area (Å²) in [7, 11) is 0. The van der Waals surface area contributed by atoms with E-state index in [0.29, 0.717) is 17.5 Å². The van der Waals surface area contributed by atoms with Crippen LogP contribution < -0.4 is 5.32 Å². The predicted molar refractivity (Wildman–Crippen MR) is 116 cm³/mol. The lowest BCUT2D eigenvalue weighted by Gasteiger charge is -2.15. The van der Waals surface area contributed by atoms with Crippen LogP contribution in [0.4, 0.5) is 4.39 Å². The number of benzene rings is 1. The fraction of sp³-hybridized carbons (Fsp3) is 0.381. The molecule has 0 aliphatic carbocycles. The van der Waals surface area contributed by atoms with Crippen LogP contribution in [-0.4, -0.2) is 39.1 Å². The first-order valence-electron chi connectivity index (χ1n) is 9.86. The fourth-order valence-electron chi connectivity index (χ4n) is 3.39. The molecule has 0 spiro atoms. The first kappa shape index (κ1) is 21.0. The van der Waals surface area contributed by atoms with Crippen molar-refractivity contribution in [2.45, 2.75) is 43.6 Å². The third-order valence-electron chi connectivity index (χ3n) is 4.91. The molecule has 2 unspecified atom stereocenters. The Bertz CT molecular complexity index is 970. The smallest absolute Gasteiger partial charge is 0.230 e. The number of hydrogen-bond acceptors (Lipinski definition) is 6. The molecule has 9 heteroatoms. The van der Waals surface area contributed by atoms with E-state index in [1.165, 1.54) is 23.9 Å². The molecule has 1 aromatic carbocycles. The molecule has 1 amide bonds. The molecular weight excluding hydrogens is 423 g/mol. The molecule has 158 valence electrons. The van der Waals surface area contributed by atoms with E-state index in [1.54, 1.807) is 23.5 Å². The summed E-state index contributed by atoms with van der Waals surface area (Å²) >= 11 is 2.97. The van der Waals surface area contributed by atoms with E-state index in [4.69, 9.17) is 4.74 Å². The lowest BCUT2D eigenvalue weighted by molar-refractivity contribution is -0.119. The molecular formula is C21H23FN4O2S2. The lowest BCUT2D eigenvalue weighted by atomic mass is 10.2. The van der Waals surface area contributed by atoms with Crippen molar-refractivity contribution in [1.82, 2.24) is 20.1 Å². The summed E-state index contributed by atoms with van der Waals surface area (Å²) in [5.74, 6) is 0.536. The molecule has 2 atom stereocenters. The molecule has 0 saturated carbocycles. The van der Waals surface area contributed by atoms with Gasteiger partial charge in [-0.1, -0.05) is 17.8 Å². The van der Waals surface area contributed by atoms with Gasteiger partial charge in [0.15, 0.2) is 11.0 Å². The van der Waals surface area contributed by atoms with Crippen LogP contribution in [0.5, 0.6) is 0 Å². The standard InChI is InChI=1S/C21H23FN4O2S2/c1-14(18-5-3-11-29-18)23-19(27)13-30-21-25-24-20(15-6-8-16(22)9-7-15)26(21)12-17-4-2-10-28-17/h3,5-9,11,14,17H,2,4,10,12-13H2,1H3,(H,23,27). The monoisotopic (exact) mass is 446 g/mol. The van der Waals surface area contributed by atoms with Crippen LogP contribution in [0.25, 0.3) is 11.4 Å². The number of thiophene rings is 1. The summed E-state index contributed by atoms with van der Waals surface area (Å²) in [6.07, 6.45) is 2.10. The average Bonchev–Trinajstić information content (AvgIpc) is 3.50. The van der Waals surface area contributed by atoms with E-state index in [-0.39, 0.29) is 29.6 Å². The maximum absolute atomic E-state index is 13.3. The molecule has 1 N–H and O–H groups in total. The maximum atomic E-state index is 13.3. The van der Waals surface area contributed by atoms with Crippen LogP contribution in [0.1, 0.15) is 30.7 Å². The van der Waals surface area contributed by atoms with Crippen molar-refractivity contribution in [3.05, 3.63) is 52.5 Å². The van der Waals surface area contributed by atoms with Gasteiger partial charge in [-0.25, -0.2) is 4.39 Å². The van der Waals surface area contributed by atoms with Gasteiger partial charge in [0.1, 0.15) is 5.82 Å². The van der Waals surface area contributed by atoms with Crippen LogP contribution in [0, 0.1) is 5.82 Å². The van der Waals surface area contributed by atoms with Crippen LogP contribution >= 0.6 is 23.1 Å². The molecule has 0 bridgehead atoms. The van der Waals surface area contributed by atoms with E-state index in [2.05, 4.69) is 15.5 Å². The minimum atomic E-state index is -0.296. The number of thioether (sulfide) groups is 1. The Morgan fingerprint density at radius 3 is 2.90 bits per heavy atom. The van der Waals surface area contributed by atoms with Gasteiger partial charge in [0.2, 0.25) is 5.91 Å². The number of nitrogens with one attached hydrogen (secondary N) is 1. The molecule has 1 aliphatic rings.